The lowest BCUT2D eigenvalue weighted by Crippen LogP contribution is -2.15. The van der Waals surface area contributed by atoms with E-state index < -0.39 is 0 Å². The summed E-state index contributed by atoms with van der Waals surface area (Å²) in [4.78, 5) is 2.50. The zero-order valence-corrected chi connectivity index (χ0v) is 36.1. The molecule has 1 aliphatic rings. The van der Waals surface area contributed by atoms with Gasteiger partial charge in [-0.3, -0.25) is 0 Å². The van der Waals surface area contributed by atoms with Crippen molar-refractivity contribution < 1.29 is 0 Å². The Hall–Kier alpha value is -6.74. The second-order valence-electron chi connectivity index (χ2n) is 18.1. The zero-order valence-electron chi connectivity index (χ0n) is 35.3. The Morgan fingerprint density at radius 1 is 0.443 bits per heavy atom. The van der Waals surface area contributed by atoms with Gasteiger partial charge in [-0.15, -0.1) is 11.3 Å². The lowest BCUT2D eigenvalue weighted by Gasteiger charge is -2.30. The van der Waals surface area contributed by atoms with Crippen LogP contribution in [0.15, 0.2) is 194 Å². The van der Waals surface area contributed by atoms with Crippen molar-refractivity contribution in [3.8, 4) is 44.5 Å². The van der Waals surface area contributed by atoms with Crippen LogP contribution in [0.4, 0.5) is 17.1 Å². The molecule has 0 radical (unpaired) electrons. The number of rotatable bonds is 6. The van der Waals surface area contributed by atoms with Crippen LogP contribution in [0.3, 0.4) is 0 Å². The van der Waals surface area contributed by atoms with E-state index in [1.807, 2.05) is 11.3 Å². The maximum Gasteiger partial charge on any atom is 0.0546 e. The van der Waals surface area contributed by atoms with Crippen molar-refractivity contribution in [2.75, 3.05) is 4.90 Å². The largest absolute Gasteiger partial charge is 0.310 e. The van der Waals surface area contributed by atoms with E-state index >= 15 is 0 Å². The summed E-state index contributed by atoms with van der Waals surface area (Å²) in [6.07, 6.45) is 0. The summed E-state index contributed by atoms with van der Waals surface area (Å²) < 4.78 is 2.61. The van der Waals surface area contributed by atoms with Crippen LogP contribution < -0.4 is 4.90 Å². The van der Waals surface area contributed by atoms with Crippen LogP contribution in [0.2, 0.25) is 0 Å². The number of nitrogens with zero attached hydrogens (tertiary/aromatic N) is 1. The molecule has 2 heteroatoms. The normalized spacial score (nSPS) is 13.1. The average Bonchev–Trinajstić information content (AvgIpc) is 3.78. The highest BCUT2D eigenvalue weighted by Crippen LogP contribution is 2.53. The van der Waals surface area contributed by atoms with Crippen molar-refractivity contribution in [3.63, 3.8) is 0 Å². The van der Waals surface area contributed by atoms with E-state index in [2.05, 4.69) is 234 Å². The van der Waals surface area contributed by atoms with E-state index in [-0.39, 0.29) is 10.8 Å². The van der Waals surface area contributed by atoms with E-state index in [1.54, 1.807) is 0 Å². The van der Waals surface area contributed by atoms with Crippen molar-refractivity contribution in [2.24, 2.45) is 0 Å². The number of benzene rings is 9. The molecule has 0 saturated heterocycles. The number of fused-ring (bicyclic) bond motifs is 7. The van der Waals surface area contributed by atoms with Crippen LogP contribution in [0.5, 0.6) is 0 Å². The van der Waals surface area contributed by atoms with Gasteiger partial charge in [0.05, 0.1) is 5.69 Å². The minimum absolute atomic E-state index is 0.0773. The van der Waals surface area contributed by atoms with Gasteiger partial charge in [0.15, 0.2) is 0 Å². The molecule has 0 unspecified atom stereocenters. The van der Waals surface area contributed by atoms with Crippen molar-refractivity contribution in [1.82, 2.24) is 0 Å². The van der Waals surface area contributed by atoms with Gasteiger partial charge in [-0.05, 0) is 114 Å². The van der Waals surface area contributed by atoms with Crippen molar-refractivity contribution in [3.05, 3.63) is 211 Å². The zero-order chi connectivity index (χ0) is 41.5. The third-order valence-electron chi connectivity index (χ3n) is 13.1. The maximum atomic E-state index is 2.50. The third-order valence-corrected chi connectivity index (χ3v) is 14.2. The van der Waals surface area contributed by atoms with E-state index in [9.17, 15) is 0 Å². The quantitative estimate of drug-likeness (QED) is 0.162. The molecule has 11 rings (SSSR count). The standard InChI is InChI=1S/C59H47NS/c1-58(2,3)43-30-25-40(26-31-43)38-21-23-39(24-22-38)41-27-32-44(33-28-41)60(45-34-35-52-50(37-45)47-15-8-10-18-51(47)59(52,4)5)53-36-29-42-13-6-7-14-46(42)56(53)49-17-12-20-55-57(49)48-16-9-11-19-54(48)61-55/h6-37H,1-5H3. The Balaban J connectivity index is 1.08. The molecule has 61 heavy (non-hydrogen) atoms. The van der Waals surface area contributed by atoms with Crippen LogP contribution >= 0.6 is 11.3 Å². The lowest BCUT2D eigenvalue weighted by molar-refractivity contribution is 0.590. The molecule has 1 aromatic heterocycles. The summed E-state index contributed by atoms with van der Waals surface area (Å²) in [5.74, 6) is 0. The number of anilines is 3. The van der Waals surface area contributed by atoms with Crippen LogP contribution in [0.25, 0.3) is 75.5 Å². The highest BCUT2D eigenvalue weighted by molar-refractivity contribution is 7.25. The maximum absolute atomic E-state index is 2.50. The molecule has 0 aliphatic heterocycles. The van der Waals surface area contributed by atoms with Crippen molar-refractivity contribution in [2.45, 2.75) is 45.4 Å². The smallest absolute Gasteiger partial charge is 0.0546 e. The monoisotopic (exact) mass is 801 g/mol. The molecule has 1 aliphatic carbocycles. The first-order valence-electron chi connectivity index (χ1n) is 21.4. The van der Waals surface area contributed by atoms with Gasteiger partial charge in [-0.1, -0.05) is 186 Å². The van der Waals surface area contributed by atoms with Gasteiger partial charge in [-0.25, -0.2) is 0 Å². The molecular formula is C59H47NS. The fourth-order valence-electron chi connectivity index (χ4n) is 9.81. The van der Waals surface area contributed by atoms with E-state index in [0.29, 0.717) is 0 Å². The molecule has 9 aromatic carbocycles. The van der Waals surface area contributed by atoms with E-state index in [4.69, 9.17) is 0 Å². The van der Waals surface area contributed by atoms with Crippen molar-refractivity contribution >= 4 is 59.3 Å². The molecule has 1 heterocycles. The van der Waals surface area contributed by atoms with Gasteiger partial charge in [-0.2, -0.15) is 0 Å². The predicted octanol–water partition coefficient (Wildman–Crippen LogP) is 17.3. The number of hydrogen-bond donors (Lipinski definition) is 0. The second kappa shape index (κ2) is 14.2. The molecule has 0 atom stereocenters. The molecule has 0 fully saturated rings. The van der Waals surface area contributed by atoms with Crippen LogP contribution in [0, 0.1) is 0 Å². The van der Waals surface area contributed by atoms with Gasteiger partial charge in [0.25, 0.3) is 0 Å². The fourth-order valence-corrected chi connectivity index (χ4v) is 10.9. The summed E-state index contributed by atoms with van der Waals surface area (Å²) in [6.45, 7) is 11.5. The molecule has 10 aromatic rings. The first kappa shape index (κ1) is 37.3. The number of thiophene rings is 1. The molecule has 0 spiro atoms. The Morgan fingerprint density at radius 2 is 1.00 bits per heavy atom. The summed E-state index contributed by atoms with van der Waals surface area (Å²) in [6, 6.07) is 72.5. The van der Waals surface area contributed by atoms with Crippen LogP contribution in [-0.4, -0.2) is 0 Å². The number of hydrogen-bond acceptors (Lipinski definition) is 2. The Bertz CT molecular complexity index is 3290. The fraction of sp³-hybridized carbons (Fsp3) is 0.119. The Labute approximate surface area is 363 Å². The molecule has 294 valence electrons. The van der Waals surface area contributed by atoms with E-state index in [0.717, 1.165) is 17.1 Å². The Morgan fingerprint density at radius 3 is 1.72 bits per heavy atom. The highest BCUT2D eigenvalue weighted by Gasteiger charge is 2.36. The first-order valence-corrected chi connectivity index (χ1v) is 22.2. The SMILES string of the molecule is CC(C)(C)c1ccc(-c2ccc(-c3ccc(N(c4ccc5c(c4)-c4ccccc4C5(C)C)c4ccc5ccccc5c4-c4cccc5sc6ccccc6c45)cc3)cc2)cc1. The minimum Gasteiger partial charge on any atom is -0.310 e. The summed E-state index contributed by atoms with van der Waals surface area (Å²) in [5, 5.41) is 5.09. The molecular weight excluding hydrogens is 755 g/mol. The molecule has 1 nitrogen and oxygen atoms in total. The predicted molar refractivity (Wildman–Crippen MR) is 264 cm³/mol. The van der Waals surface area contributed by atoms with Gasteiger partial charge in [0.2, 0.25) is 0 Å². The summed E-state index contributed by atoms with van der Waals surface area (Å²) in [7, 11) is 0. The van der Waals surface area contributed by atoms with Gasteiger partial charge in [0, 0.05) is 42.5 Å². The third kappa shape index (κ3) is 6.20. The van der Waals surface area contributed by atoms with Crippen molar-refractivity contribution in [1.29, 1.82) is 0 Å². The molecule has 0 N–H and O–H groups in total. The highest BCUT2D eigenvalue weighted by atomic mass is 32.1. The van der Waals surface area contributed by atoms with E-state index in [1.165, 1.54) is 92.1 Å². The van der Waals surface area contributed by atoms with Crippen LogP contribution in [-0.2, 0) is 10.8 Å². The minimum atomic E-state index is -0.0773. The van der Waals surface area contributed by atoms with Crippen LogP contribution in [0.1, 0.15) is 51.3 Å². The second-order valence-corrected chi connectivity index (χ2v) is 19.2. The molecule has 0 amide bonds. The summed E-state index contributed by atoms with van der Waals surface area (Å²) >= 11 is 1.88. The average molecular weight is 802 g/mol. The Kier molecular flexibility index (Phi) is 8.67. The van der Waals surface area contributed by atoms with Gasteiger partial charge >= 0.3 is 0 Å². The molecule has 0 saturated carbocycles. The summed E-state index contributed by atoms with van der Waals surface area (Å²) in [5.41, 5.74) is 17.5. The van der Waals surface area contributed by atoms with Gasteiger partial charge in [0.1, 0.15) is 0 Å². The molecule has 0 bridgehead atoms. The topological polar surface area (TPSA) is 3.24 Å². The first-order chi connectivity index (χ1) is 29.6. The lowest BCUT2D eigenvalue weighted by atomic mass is 9.82. The van der Waals surface area contributed by atoms with Gasteiger partial charge < -0.3 is 4.90 Å².